The summed E-state index contributed by atoms with van der Waals surface area (Å²) in [4.78, 5) is 14.9. The lowest BCUT2D eigenvalue weighted by Gasteiger charge is -2.36. The number of hydrogen-bond acceptors (Lipinski definition) is 3. The standard InChI is InChI=1S/C14H25F4N3O.2ClH/c15-13(16)14(17,18)11-20-7-9-21(10-8-20)12(22)5-3-1-2-4-6-19;;/h13H,1-11,19H2;2*1H. The molecule has 0 aromatic rings. The van der Waals surface area contributed by atoms with Gasteiger partial charge in [-0.05, 0) is 19.4 Å². The van der Waals surface area contributed by atoms with Crippen molar-refractivity contribution in [3.8, 4) is 0 Å². The highest BCUT2D eigenvalue weighted by atomic mass is 35.5. The molecule has 0 aliphatic carbocycles. The van der Waals surface area contributed by atoms with Gasteiger partial charge in [0.25, 0.3) is 0 Å². The van der Waals surface area contributed by atoms with Gasteiger partial charge in [-0.25, -0.2) is 8.78 Å². The van der Waals surface area contributed by atoms with E-state index < -0.39 is 18.9 Å². The van der Waals surface area contributed by atoms with E-state index in [4.69, 9.17) is 5.73 Å². The predicted octanol–water partition coefficient (Wildman–Crippen LogP) is 2.78. The summed E-state index contributed by atoms with van der Waals surface area (Å²) in [5.41, 5.74) is 5.38. The highest BCUT2D eigenvalue weighted by molar-refractivity contribution is 5.85. The van der Waals surface area contributed by atoms with Crippen molar-refractivity contribution in [3.05, 3.63) is 0 Å². The summed E-state index contributed by atoms with van der Waals surface area (Å²) in [5.74, 6) is -3.98. The maximum Gasteiger partial charge on any atom is 0.319 e. The van der Waals surface area contributed by atoms with E-state index >= 15 is 0 Å². The molecule has 0 spiro atoms. The zero-order valence-electron chi connectivity index (χ0n) is 13.6. The third kappa shape index (κ3) is 9.25. The number of piperazine rings is 1. The Balaban J connectivity index is 0. The summed E-state index contributed by atoms with van der Waals surface area (Å²) < 4.78 is 50.3. The molecule has 0 unspecified atom stereocenters. The molecule has 0 aromatic heterocycles. The summed E-state index contributed by atoms with van der Waals surface area (Å²) in [5, 5.41) is 0. The van der Waals surface area contributed by atoms with Crippen LogP contribution in [0, 0.1) is 0 Å². The van der Waals surface area contributed by atoms with Crippen molar-refractivity contribution in [1.29, 1.82) is 0 Å². The van der Waals surface area contributed by atoms with Crippen LogP contribution in [0.25, 0.3) is 0 Å². The van der Waals surface area contributed by atoms with Gasteiger partial charge >= 0.3 is 12.3 Å². The lowest BCUT2D eigenvalue weighted by Crippen LogP contribution is -2.52. The van der Waals surface area contributed by atoms with Gasteiger partial charge in [-0.3, -0.25) is 9.69 Å². The van der Waals surface area contributed by atoms with Gasteiger partial charge in [-0.15, -0.1) is 24.8 Å². The first kappa shape index (κ1) is 25.9. The summed E-state index contributed by atoms with van der Waals surface area (Å²) in [6.45, 7) is 0.759. The van der Waals surface area contributed by atoms with Gasteiger partial charge in [0.05, 0.1) is 6.54 Å². The Kier molecular flexibility index (Phi) is 14.0. The smallest absolute Gasteiger partial charge is 0.319 e. The lowest BCUT2D eigenvalue weighted by atomic mass is 10.1. The molecule has 1 aliphatic rings. The number of nitrogens with zero attached hydrogens (tertiary/aromatic N) is 2. The Hall–Kier alpha value is -0.310. The largest absolute Gasteiger partial charge is 0.340 e. The van der Waals surface area contributed by atoms with Crippen LogP contribution in [0.4, 0.5) is 17.6 Å². The molecule has 0 saturated carbocycles. The number of carbonyl (C=O) groups is 1. The predicted molar refractivity (Wildman–Crippen MR) is 90.6 cm³/mol. The molecule has 0 bridgehead atoms. The summed E-state index contributed by atoms with van der Waals surface area (Å²) in [6.07, 6.45) is 0.482. The fourth-order valence-electron chi connectivity index (χ4n) is 2.45. The SMILES string of the molecule is Cl.Cl.NCCCCCCC(=O)N1CCN(CC(F)(F)C(F)F)CC1. The molecule has 24 heavy (non-hydrogen) atoms. The number of rotatable bonds is 9. The molecule has 146 valence electrons. The van der Waals surface area contributed by atoms with Crippen LogP contribution >= 0.6 is 24.8 Å². The highest BCUT2D eigenvalue weighted by Gasteiger charge is 2.42. The number of carbonyl (C=O) groups excluding carboxylic acids is 1. The van der Waals surface area contributed by atoms with E-state index in [0.29, 0.717) is 26.1 Å². The molecule has 2 N–H and O–H groups in total. The molecule has 0 aromatic carbocycles. The van der Waals surface area contributed by atoms with Crippen molar-refractivity contribution in [3.63, 3.8) is 0 Å². The summed E-state index contributed by atoms with van der Waals surface area (Å²) in [6, 6.07) is 0. The second kappa shape index (κ2) is 13.0. The van der Waals surface area contributed by atoms with Gasteiger partial charge in [0.2, 0.25) is 5.91 Å². The number of amides is 1. The normalized spacial score (nSPS) is 15.8. The Morgan fingerprint density at radius 2 is 1.54 bits per heavy atom. The Morgan fingerprint density at radius 3 is 2.04 bits per heavy atom. The van der Waals surface area contributed by atoms with E-state index in [9.17, 15) is 22.4 Å². The second-order valence-corrected chi connectivity index (χ2v) is 5.67. The number of halogens is 6. The van der Waals surface area contributed by atoms with Crippen LogP contribution in [0.3, 0.4) is 0 Å². The van der Waals surface area contributed by atoms with Crippen molar-refractivity contribution in [2.75, 3.05) is 39.3 Å². The minimum Gasteiger partial charge on any atom is -0.340 e. The average molecular weight is 400 g/mol. The summed E-state index contributed by atoms with van der Waals surface area (Å²) in [7, 11) is 0. The zero-order valence-corrected chi connectivity index (χ0v) is 15.2. The Labute approximate surface area is 152 Å². The van der Waals surface area contributed by atoms with Crippen LogP contribution < -0.4 is 5.73 Å². The number of nitrogens with two attached hydrogens (primary N) is 1. The van der Waals surface area contributed by atoms with Crippen LogP contribution in [0.1, 0.15) is 32.1 Å². The number of unbranched alkanes of at least 4 members (excludes halogenated alkanes) is 3. The van der Waals surface area contributed by atoms with Gasteiger partial charge in [0.15, 0.2) is 0 Å². The minimum absolute atomic E-state index is 0. The molecule has 1 amide bonds. The fourth-order valence-corrected chi connectivity index (χ4v) is 2.45. The van der Waals surface area contributed by atoms with E-state index in [0.717, 1.165) is 25.7 Å². The number of alkyl halides is 4. The maximum atomic E-state index is 13.0. The van der Waals surface area contributed by atoms with Crippen LogP contribution in [0.5, 0.6) is 0 Å². The molecule has 1 rings (SSSR count). The number of hydrogen-bond donors (Lipinski definition) is 1. The van der Waals surface area contributed by atoms with Crippen LogP contribution in [-0.4, -0.2) is 67.3 Å². The Bertz CT molecular complexity index is 344. The van der Waals surface area contributed by atoms with Crippen molar-refractivity contribution >= 4 is 30.7 Å². The molecule has 0 radical (unpaired) electrons. The summed E-state index contributed by atoms with van der Waals surface area (Å²) >= 11 is 0. The molecular formula is C14H27Cl2F4N3O. The van der Waals surface area contributed by atoms with E-state index in [2.05, 4.69) is 0 Å². The van der Waals surface area contributed by atoms with Crippen LogP contribution in [-0.2, 0) is 4.79 Å². The third-order valence-electron chi connectivity index (χ3n) is 3.82. The van der Waals surface area contributed by atoms with Gasteiger partial charge in [-0.2, -0.15) is 8.78 Å². The molecule has 1 saturated heterocycles. The second-order valence-electron chi connectivity index (χ2n) is 5.67. The lowest BCUT2D eigenvalue weighted by molar-refractivity contribution is -0.148. The van der Waals surface area contributed by atoms with Gasteiger partial charge in [0.1, 0.15) is 0 Å². The van der Waals surface area contributed by atoms with Gasteiger partial charge < -0.3 is 10.6 Å². The van der Waals surface area contributed by atoms with Crippen LogP contribution in [0.2, 0.25) is 0 Å². The van der Waals surface area contributed by atoms with Crippen molar-refractivity contribution in [2.45, 2.75) is 44.5 Å². The van der Waals surface area contributed by atoms with Crippen LogP contribution in [0.15, 0.2) is 0 Å². The van der Waals surface area contributed by atoms with Crippen molar-refractivity contribution < 1.29 is 22.4 Å². The van der Waals surface area contributed by atoms with E-state index in [-0.39, 0.29) is 43.8 Å². The Morgan fingerprint density at radius 1 is 1.00 bits per heavy atom. The highest BCUT2D eigenvalue weighted by Crippen LogP contribution is 2.24. The van der Waals surface area contributed by atoms with Gasteiger partial charge in [0, 0.05) is 32.6 Å². The molecule has 4 nitrogen and oxygen atoms in total. The molecule has 1 aliphatic heterocycles. The average Bonchev–Trinajstić information content (AvgIpc) is 2.47. The first-order valence-corrected chi connectivity index (χ1v) is 7.73. The van der Waals surface area contributed by atoms with Crippen molar-refractivity contribution in [2.24, 2.45) is 5.73 Å². The molecular weight excluding hydrogens is 373 g/mol. The topological polar surface area (TPSA) is 49.6 Å². The molecule has 0 atom stereocenters. The quantitative estimate of drug-likeness (QED) is 0.479. The maximum absolute atomic E-state index is 13.0. The molecule has 10 heteroatoms. The molecule has 1 fully saturated rings. The van der Waals surface area contributed by atoms with E-state index in [1.807, 2.05) is 0 Å². The fraction of sp³-hybridized carbons (Fsp3) is 0.929. The minimum atomic E-state index is -3.99. The van der Waals surface area contributed by atoms with E-state index in [1.165, 1.54) is 4.90 Å². The van der Waals surface area contributed by atoms with E-state index in [1.54, 1.807) is 4.90 Å². The van der Waals surface area contributed by atoms with Crippen molar-refractivity contribution in [1.82, 2.24) is 9.80 Å². The molecule has 1 heterocycles. The van der Waals surface area contributed by atoms with Gasteiger partial charge in [-0.1, -0.05) is 12.8 Å². The third-order valence-corrected chi connectivity index (χ3v) is 3.82. The first-order chi connectivity index (χ1) is 10.4. The first-order valence-electron chi connectivity index (χ1n) is 7.73. The monoisotopic (exact) mass is 399 g/mol. The zero-order chi connectivity index (χ0) is 16.6.